The third kappa shape index (κ3) is 1.89. The van der Waals surface area contributed by atoms with Crippen molar-refractivity contribution in [2.45, 2.75) is 12.8 Å². The first-order chi connectivity index (χ1) is 4.97. The van der Waals surface area contributed by atoms with Gasteiger partial charge in [0.15, 0.2) is 0 Å². The molecular formula is C9H11NSn. The van der Waals surface area contributed by atoms with Gasteiger partial charge in [0.25, 0.3) is 0 Å². The van der Waals surface area contributed by atoms with Crippen LogP contribution in [0.4, 0.5) is 5.69 Å². The van der Waals surface area contributed by atoms with Gasteiger partial charge in [-0.25, -0.2) is 0 Å². The fourth-order valence-corrected chi connectivity index (χ4v) is 1.41. The van der Waals surface area contributed by atoms with E-state index in [1.807, 2.05) is 0 Å². The van der Waals surface area contributed by atoms with Gasteiger partial charge in [-0.1, -0.05) is 18.2 Å². The van der Waals surface area contributed by atoms with E-state index in [1.54, 1.807) is 0 Å². The molecule has 1 heterocycles. The van der Waals surface area contributed by atoms with Crippen molar-refractivity contribution in [1.29, 1.82) is 0 Å². The molecule has 4 radical (unpaired) electrons. The third-order valence-electron chi connectivity index (χ3n) is 1.96. The van der Waals surface area contributed by atoms with E-state index < -0.39 is 0 Å². The number of rotatable bonds is 0. The molecule has 1 nitrogen and oxygen atoms in total. The van der Waals surface area contributed by atoms with Crippen LogP contribution in [0.15, 0.2) is 24.3 Å². The predicted molar refractivity (Wildman–Crippen MR) is 49.0 cm³/mol. The van der Waals surface area contributed by atoms with Gasteiger partial charge in [-0.15, -0.1) is 0 Å². The Bertz CT molecular complexity index is 210. The van der Waals surface area contributed by atoms with E-state index in [9.17, 15) is 0 Å². The first kappa shape index (κ1) is 8.91. The zero-order chi connectivity index (χ0) is 6.81. The molecule has 0 unspecified atom stereocenters. The van der Waals surface area contributed by atoms with E-state index in [1.165, 1.54) is 24.1 Å². The number of anilines is 1. The van der Waals surface area contributed by atoms with Crippen molar-refractivity contribution in [2.75, 3.05) is 11.9 Å². The largest absolute Gasteiger partial charge is 0.385 e. The molecule has 0 fully saturated rings. The molecule has 1 aromatic rings. The summed E-state index contributed by atoms with van der Waals surface area (Å²) >= 11 is 0. The normalized spacial score (nSPS) is 14.2. The van der Waals surface area contributed by atoms with Crippen molar-refractivity contribution >= 4 is 29.6 Å². The number of aryl methyl sites for hydroxylation is 1. The molecule has 2 rings (SSSR count). The molecular weight excluding hydrogens is 241 g/mol. The molecule has 0 amide bonds. The van der Waals surface area contributed by atoms with E-state index in [2.05, 4.69) is 29.6 Å². The second-order valence-electron chi connectivity index (χ2n) is 2.69. The van der Waals surface area contributed by atoms with Crippen molar-refractivity contribution in [3.63, 3.8) is 0 Å². The van der Waals surface area contributed by atoms with Gasteiger partial charge < -0.3 is 5.32 Å². The fourth-order valence-electron chi connectivity index (χ4n) is 1.41. The minimum Gasteiger partial charge on any atom is -0.385 e. The van der Waals surface area contributed by atoms with Gasteiger partial charge in [0.2, 0.25) is 0 Å². The molecule has 0 bridgehead atoms. The topological polar surface area (TPSA) is 12.0 Å². The minimum absolute atomic E-state index is 0. The molecule has 2 heteroatoms. The van der Waals surface area contributed by atoms with E-state index in [4.69, 9.17) is 0 Å². The number of fused-ring (bicyclic) bond motifs is 1. The third-order valence-corrected chi connectivity index (χ3v) is 1.96. The summed E-state index contributed by atoms with van der Waals surface area (Å²) in [6.07, 6.45) is 2.51. The van der Waals surface area contributed by atoms with Crippen molar-refractivity contribution in [1.82, 2.24) is 0 Å². The standard InChI is InChI=1S/C9H11N.Sn/c1-2-6-9-8(4-1)5-3-7-10-9;/h1-2,4,6,10H,3,5,7H2;. The van der Waals surface area contributed by atoms with E-state index in [0.29, 0.717) is 0 Å². The van der Waals surface area contributed by atoms with Gasteiger partial charge in [0.1, 0.15) is 0 Å². The van der Waals surface area contributed by atoms with Gasteiger partial charge in [-0.3, -0.25) is 0 Å². The van der Waals surface area contributed by atoms with Gasteiger partial charge >= 0.3 is 0 Å². The van der Waals surface area contributed by atoms with E-state index >= 15 is 0 Å². The van der Waals surface area contributed by atoms with E-state index in [0.717, 1.165) is 6.54 Å². The van der Waals surface area contributed by atoms with Crippen LogP contribution in [0.2, 0.25) is 0 Å². The molecule has 1 aromatic carbocycles. The Hall–Kier alpha value is -0.181. The Morgan fingerprint density at radius 3 is 2.82 bits per heavy atom. The van der Waals surface area contributed by atoms with Crippen LogP contribution in [0.3, 0.4) is 0 Å². The van der Waals surface area contributed by atoms with Crippen LogP contribution in [0.25, 0.3) is 0 Å². The maximum atomic E-state index is 3.36. The SMILES string of the molecule is [Sn].c1ccc2c(c1)CCCN2. The first-order valence-corrected chi connectivity index (χ1v) is 3.78. The van der Waals surface area contributed by atoms with Crippen LogP contribution in [0, 0.1) is 0 Å². The second kappa shape index (κ2) is 4.00. The molecule has 0 aromatic heterocycles. The molecule has 1 aliphatic heterocycles. The zero-order valence-corrected chi connectivity index (χ0v) is 9.28. The zero-order valence-electron chi connectivity index (χ0n) is 6.43. The number of para-hydroxylation sites is 1. The maximum absolute atomic E-state index is 3.36. The molecule has 0 saturated heterocycles. The van der Waals surface area contributed by atoms with E-state index in [-0.39, 0.29) is 23.9 Å². The van der Waals surface area contributed by atoms with Gasteiger partial charge in [0.05, 0.1) is 0 Å². The minimum atomic E-state index is 0. The van der Waals surface area contributed by atoms with Crippen LogP contribution in [-0.4, -0.2) is 30.5 Å². The van der Waals surface area contributed by atoms with Crippen molar-refractivity contribution < 1.29 is 0 Å². The summed E-state index contributed by atoms with van der Waals surface area (Å²) in [5.41, 5.74) is 2.79. The summed E-state index contributed by atoms with van der Waals surface area (Å²) in [6.45, 7) is 1.14. The monoisotopic (exact) mass is 253 g/mol. The van der Waals surface area contributed by atoms with Crippen LogP contribution in [0.1, 0.15) is 12.0 Å². The fraction of sp³-hybridized carbons (Fsp3) is 0.333. The van der Waals surface area contributed by atoms with Crippen LogP contribution in [-0.2, 0) is 6.42 Å². The number of hydrogen-bond acceptors (Lipinski definition) is 1. The van der Waals surface area contributed by atoms with Crippen molar-refractivity contribution in [2.24, 2.45) is 0 Å². The van der Waals surface area contributed by atoms with Gasteiger partial charge in [-0.05, 0) is 24.5 Å². The van der Waals surface area contributed by atoms with Crippen molar-refractivity contribution in [3.05, 3.63) is 29.8 Å². The smallest absolute Gasteiger partial charge is 0.0372 e. The first-order valence-electron chi connectivity index (χ1n) is 3.78. The molecule has 0 atom stereocenters. The Morgan fingerprint density at radius 2 is 2.00 bits per heavy atom. The molecule has 56 valence electrons. The van der Waals surface area contributed by atoms with Crippen LogP contribution in [0.5, 0.6) is 0 Å². The summed E-state index contributed by atoms with van der Waals surface area (Å²) in [4.78, 5) is 0. The molecule has 1 N–H and O–H groups in total. The molecule has 11 heavy (non-hydrogen) atoms. The molecule has 0 saturated carbocycles. The summed E-state index contributed by atoms with van der Waals surface area (Å²) in [7, 11) is 0. The summed E-state index contributed by atoms with van der Waals surface area (Å²) < 4.78 is 0. The maximum Gasteiger partial charge on any atom is 0.0372 e. The number of benzene rings is 1. The summed E-state index contributed by atoms with van der Waals surface area (Å²) in [5.74, 6) is 0. The predicted octanol–water partition coefficient (Wildman–Crippen LogP) is 1.66. The number of hydrogen-bond donors (Lipinski definition) is 1. The summed E-state index contributed by atoms with van der Waals surface area (Å²) in [6, 6.07) is 8.53. The van der Waals surface area contributed by atoms with Gasteiger partial charge in [-0.2, -0.15) is 0 Å². The van der Waals surface area contributed by atoms with Gasteiger partial charge in [0, 0.05) is 36.1 Å². The van der Waals surface area contributed by atoms with Crippen molar-refractivity contribution in [3.8, 4) is 0 Å². The Balaban J connectivity index is 0.000000605. The Kier molecular flexibility index (Phi) is 3.24. The molecule has 1 aliphatic rings. The average molecular weight is 252 g/mol. The quantitative estimate of drug-likeness (QED) is 0.692. The van der Waals surface area contributed by atoms with Crippen LogP contribution >= 0.6 is 0 Å². The number of nitrogens with one attached hydrogen (secondary N) is 1. The second-order valence-corrected chi connectivity index (χ2v) is 2.69. The summed E-state index contributed by atoms with van der Waals surface area (Å²) in [5, 5.41) is 3.36. The Morgan fingerprint density at radius 1 is 1.18 bits per heavy atom. The van der Waals surface area contributed by atoms with Crippen LogP contribution < -0.4 is 5.32 Å². The Labute approximate surface area is 84.1 Å². The molecule has 0 spiro atoms. The average Bonchev–Trinajstić information content (AvgIpc) is 2.05. The molecule has 0 aliphatic carbocycles.